The molecule has 22 heavy (non-hydrogen) atoms. The Morgan fingerprint density at radius 2 is 2.09 bits per heavy atom. The van der Waals surface area contributed by atoms with E-state index in [9.17, 15) is 0 Å². The van der Waals surface area contributed by atoms with Crippen molar-refractivity contribution in [1.82, 2.24) is 24.5 Å². The molecule has 118 valence electrons. The van der Waals surface area contributed by atoms with Gasteiger partial charge in [-0.1, -0.05) is 11.8 Å². The van der Waals surface area contributed by atoms with Crippen LogP contribution in [0.2, 0.25) is 0 Å². The Hall–Kier alpha value is -1.54. The molecule has 2 aromatic rings. The van der Waals surface area contributed by atoms with Crippen LogP contribution >= 0.6 is 11.8 Å². The van der Waals surface area contributed by atoms with Crippen molar-refractivity contribution in [3.63, 3.8) is 0 Å². The zero-order chi connectivity index (χ0) is 14.9. The lowest BCUT2D eigenvalue weighted by Gasteiger charge is -2.27. The molecule has 7 nitrogen and oxygen atoms in total. The summed E-state index contributed by atoms with van der Waals surface area (Å²) in [6.45, 7) is 3.35. The summed E-state index contributed by atoms with van der Waals surface area (Å²) >= 11 is 1.74. The van der Waals surface area contributed by atoms with Gasteiger partial charge in [0.2, 0.25) is 5.95 Å². The fourth-order valence-electron chi connectivity index (χ4n) is 2.68. The molecule has 0 amide bonds. The number of hydrogen-bond acceptors (Lipinski definition) is 6. The van der Waals surface area contributed by atoms with E-state index in [0.29, 0.717) is 6.04 Å². The number of aromatic nitrogens is 5. The SMILES string of the molecule is Cn1nccc1CSc1nnc(N2CCOCC2)n1C1CC1. The van der Waals surface area contributed by atoms with Crippen molar-refractivity contribution >= 4 is 17.7 Å². The molecule has 1 aliphatic carbocycles. The summed E-state index contributed by atoms with van der Waals surface area (Å²) in [7, 11) is 1.97. The van der Waals surface area contributed by atoms with Gasteiger partial charge in [-0.25, -0.2) is 0 Å². The maximum Gasteiger partial charge on any atom is 0.228 e. The molecule has 4 rings (SSSR count). The van der Waals surface area contributed by atoms with Crippen LogP contribution in [0.5, 0.6) is 0 Å². The topological polar surface area (TPSA) is 61.0 Å². The Balaban J connectivity index is 1.54. The van der Waals surface area contributed by atoms with Crippen LogP contribution in [0.25, 0.3) is 0 Å². The zero-order valence-electron chi connectivity index (χ0n) is 12.7. The minimum Gasteiger partial charge on any atom is -0.378 e. The first-order valence-electron chi connectivity index (χ1n) is 7.70. The Bertz CT molecular complexity index is 644. The number of anilines is 1. The first-order valence-corrected chi connectivity index (χ1v) is 8.69. The second-order valence-electron chi connectivity index (χ2n) is 5.72. The Kier molecular flexibility index (Phi) is 3.79. The van der Waals surface area contributed by atoms with Gasteiger partial charge < -0.3 is 9.64 Å². The van der Waals surface area contributed by atoms with Gasteiger partial charge in [0.15, 0.2) is 5.16 Å². The second kappa shape index (κ2) is 5.92. The van der Waals surface area contributed by atoms with Crippen LogP contribution in [0.15, 0.2) is 17.4 Å². The largest absolute Gasteiger partial charge is 0.378 e. The van der Waals surface area contributed by atoms with Gasteiger partial charge >= 0.3 is 0 Å². The molecule has 1 saturated carbocycles. The van der Waals surface area contributed by atoms with E-state index in [1.807, 2.05) is 24.0 Å². The van der Waals surface area contributed by atoms with Gasteiger partial charge in [0.05, 0.1) is 13.2 Å². The summed E-state index contributed by atoms with van der Waals surface area (Å²) in [5.74, 6) is 1.88. The smallest absolute Gasteiger partial charge is 0.228 e. The predicted octanol–water partition coefficient (Wildman–Crippen LogP) is 1.48. The molecular formula is C14H20N6OS. The number of aryl methyl sites for hydroxylation is 1. The fraction of sp³-hybridized carbons (Fsp3) is 0.643. The van der Waals surface area contributed by atoms with Gasteiger partial charge in [0.1, 0.15) is 0 Å². The van der Waals surface area contributed by atoms with Gasteiger partial charge in [-0.15, -0.1) is 10.2 Å². The van der Waals surface area contributed by atoms with Gasteiger partial charge in [-0.3, -0.25) is 9.25 Å². The lowest BCUT2D eigenvalue weighted by molar-refractivity contribution is 0.121. The van der Waals surface area contributed by atoms with Crippen molar-refractivity contribution in [2.24, 2.45) is 7.05 Å². The third kappa shape index (κ3) is 2.72. The number of thioether (sulfide) groups is 1. The van der Waals surface area contributed by atoms with Crippen LogP contribution in [-0.4, -0.2) is 50.8 Å². The van der Waals surface area contributed by atoms with Crippen molar-refractivity contribution in [2.45, 2.75) is 29.8 Å². The van der Waals surface area contributed by atoms with Crippen molar-refractivity contribution in [1.29, 1.82) is 0 Å². The van der Waals surface area contributed by atoms with E-state index in [1.54, 1.807) is 11.8 Å². The normalized spacial score (nSPS) is 18.9. The van der Waals surface area contributed by atoms with Crippen LogP contribution in [0.4, 0.5) is 5.95 Å². The molecule has 2 aromatic heterocycles. The molecule has 2 aliphatic rings. The maximum absolute atomic E-state index is 5.44. The number of hydrogen-bond donors (Lipinski definition) is 0. The quantitative estimate of drug-likeness (QED) is 0.778. The van der Waals surface area contributed by atoms with E-state index in [-0.39, 0.29) is 0 Å². The van der Waals surface area contributed by atoms with Crippen molar-refractivity contribution < 1.29 is 4.74 Å². The molecule has 0 radical (unpaired) electrons. The zero-order valence-corrected chi connectivity index (χ0v) is 13.5. The summed E-state index contributed by atoms with van der Waals surface area (Å²) < 4.78 is 9.68. The highest BCUT2D eigenvalue weighted by molar-refractivity contribution is 7.98. The molecule has 0 N–H and O–H groups in total. The molecule has 0 unspecified atom stereocenters. The first kappa shape index (κ1) is 14.1. The minimum absolute atomic E-state index is 0.571. The van der Waals surface area contributed by atoms with E-state index >= 15 is 0 Å². The summed E-state index contributed by atoms with van der Waals surface area (Å²) in [5, 5.41) is 14.1. The highest BCUT2D eigenvalue weighted by Crippen LogP contribution is 2.41. The van der Waals surface area contributed by atoms with Crippen molar-refractivity contribution in [3.05, 3.63) is 18.0 Å². The summed E-state index contributed by atoms with van der Waals surface area (Å²) in [6.07, 6.45) is 4.30. The fourth-order valence-corrected chi connectivity index (χ4v) is 3.71. The van der Waals surface area contributed by atoms with Gasteiger partial charge in [0.25, 0.3) is 0 Å². The second-order valence-corrected chi connectivity index (χ2v) is 6.66. The average molecular weight is 320 g/mol. The van der Waals surface area contributed by atoms with E-state index in [4.69, 9.17) is 4.74 Å². The average Bonchev–Trinajstić information content (AvgIpc) is 3.17. The third-order valence-electron chi connectivity index (χ3n) is 4.12. The van der Waals surface area contributed by atoms with Gasteiger partial charge in [-0.2, -0.15) is 5.10 Å². The lowest BCUT2D eigenvalue weighted by Crippen LogP contribution is -2.38. The van der Waals surface area contributed by atoms with E-state index in [0.717, 1.165) is 43.2 Å². The Labute approximate surface area is 133 Å². The van der Waals surface area contributed by atoms with E-state index < -0.39 is 0 Å². The highest BCUT2D eigenvalue weighted by atomic mass is 32.2. The summed E-state index contributed by atoms with van der Waals surface area (Å²) in [5.41, 5.74) is 1.20. The maximum atomic E-state index is 5.44. The van der Waals surface area contributed by atoms with Crippen LogP contribution in [0, 0.1) is 0 Å². The van der Waals surface area contributed by atoms with Crippen molar-refractivity contribution in [2.75, 3.05) is 31.2 Å². The van der Waals surface area contributed by atoms with Gasteiger partial charge in [0, 0.05) is 43.8 Å². The van der Waals surface area contributed by atoms with Gasteiger partial charge in [-0.05, 0) is 18.9 Å². The number of ether oxygens (including phenoxy) is 1. The monoisotopic (exact) mass is 320 g/mol. The molecule has 0 spiro atoms. The van der Waals surface area contributed by atoms with Crippen molar-refractivity contribution in [3.8, 4) is 0 Å². The van der Waals surface area contributed by atoms with Crippen LogP contribution in [0.1, 0.15) is 24.6 Å². The van der Waals surface area contributed by atoms with Crippen LogP contribution in [0.3, 0.4) is 0 Å². The first-order chi connectivity index (χ1) is 10.8. The number of rotatable bonds is 5. The molecule has 0 bridgehead atoms. The molecule has 3 heterocycles. The third-order valence-corrected chi connectivity index (χ3v) is 5.10. The van der Waals surface area contributed by atoms with Crippen LogP contribution < -0.4 is 4.90 Å². The van der Waals surface area contributed by atoms with E-state index in [1.165, 1.54) is 18.5 Å². The molecule has 1 aliphatic heterocycles. The molecule has 8 heteroatoms. The molecule has 0 aromatic carbocycles. The number of nitrogens with zero attached hydrogens (tertiary/aromatic N) is 6. The molecule has 2 fully saturated rings. The Morgan fingerprint density at radius 1 is 1.27 bits per heavy atom. The highest BCUT2D eigenvalue weighted by Gasteiger charge is 2.32. The number of morpholine rings is 1. The summed E-state index contributed by atoms with van der Waals surface area (Å²) in [6, 6.07) is 2.62. The molecule has 0 atom stereocenters. The Morgan fingerprint density at radius 3 is 2.77 bits per heavy atom. The predicted molar refractivity (Wildman–Crippen MR) is 84.1 cm³/mol. The summed E-state index contributed by atoms with van der Waals surface area (Å²) in [4.78, 5) is 2.29. The van der Waals surface area contributed by atoms with Crippen LogP contribution in [-0.2, 0) is 17.5 Å². The minimum atomic E-state index is 0.571. The molecule has 1 saturated heterocycles. The standard InChI is InChI=1S/C14H20N6OS/c1-18-12(4-5-15-18)10-22-14-17-16-13(20(14)11-2-3-11)19-6-8-21-9-7-19/h4-5,11H,2-3,6-10H2,1H3. The van der Waals surface area contributed by atoms with E-state index in [2.05, 4.69) is 24.8 Å². The molecular weight excluding hydrogens is 300 g/mol. The lowest BCUT2D eigenvalue weighted by atomic mass is 10.4.